The molecule has 3 aliphatic rings. The van der Waals surface area contributed by atoms with Crippen LogP contribution in [0, 0.1) is 42.1 Å². The normalized spacial score (nSPS) is 47.5. The standard InChI is InChI=1S/C21H31N/c1-13(2)11-16-12-15(4)17-9-10-21(5,22-6)18-8-7-14(3)19(16)20(17)18/h15-20H,1,3,7-12H2,2,4-5H3/t15-,16-,17+,18-,19-,20+,21-/m0/s1. The third kappa shape index (κ3) is 2.36. The maximum absolute atomic E-state index is 7.78. The number of hydrogen-bond acceptors (Lipinski definition) is 0. The van der Waals surface area contributed by atoms with Crippen LogP contribution in [0.5, 0.6) is 0 Å². The molecule has 3 rings (SSSR count). The van der Waals surface area contributed by atoms with Gasteiger partial charge in [0.25, 0.3) is 0 Å². The Balaban J connectivity index is 1.98. The first-order chi connectivity index (χ1) is 10.4. The molecule has 1 nitrogen and oxygen atoms in total. The topological polar surface area (TPSA) is 4.36 Å². The van der Waals surface area contributed by atoms with Gasteiger partial charge >= 0.3 is 0 Å². The molecule has 0 aromatic heterocycles. The lowest BCUT2D eigenvalue weighted by molar-refractivity contribution is -0.0491. The van der Waals surface area contributed by atoms with Crippen LogP contribution >= 0.6 is 0 Å². The summed E-state index contributed by atoms with van der Waals surface area (Å²) in [4.78, 5) is 4.13. The van der Waals surface area contributed by atoms with E-state index in [0.717, 1.165) is 37.0 Å². The molecule has 22 heavy (non-hydrogen) atoms. The van der Waals surface area contributed by atoms with Gasteiger partial charge < -0.3 is 4.85 Å². The molecule has 0 aromatic rings. The summed E-state index contributed by atoms with van der Waals surface area (Å²) in [7, 11) is 0. The number of allylic oxidation sites excluding steroid dienone is 2. The van der Waals surface area contributed by atoms with Gasteiger partial charge in [0.15, 0.2) is 0 Å². The van der Waals surface area contributed by atoms with E-state index < -0.39 is 0 Å². The maximum Gasteiger partial charge on any atom is 0.233 e. The van der Waals surface area contributed by atoms with Crippen LogP contribution < -0.4 is 0 Å². The lowest BCUT2D eigenvalue weighted by Crippen LogP contribution is -2.55. The van der Waals surface area contributed by atoms with Gasteiger partial charge in [-0.2, -0.15) is 0 Å². The van der Waals surface area contributed by atoms with Crippen molar-refractivity contribution in [3.63, 3.8) is 0 Å². The van der Waals surface area contributed by atoms with Gasteiger partial charge in [-0.3, -0.25) is 0 Å². The van der Waals surface area contributed by atoms with E-state index >= 15 is 0 Å². The Labute approximate surface area is 136 Å². The van der Waals surface area contributed by atoms with Crippen molar-refractivity contribution >= 4 is 0 Å². The first kappa shape index (κ1) is 15.9. The summed E-state index contributed by atoms with van der Waals surface area (Å²) in [5.74, 6) is 4.30. The third-order valence-corrected chi connectivity index (χ3v) is 7.18. The van der Waals surface area contributed by atoms with Gasteiger partial charge in [-0.1, -0.05) is 24.6 Å². The minimum absolute atomic E-state index is 0.120. The Hall–Kier alpha value is -1.03. The molecule has 0 N–H and O–H groups in total. The van der Waals surface area contributed by atoms with Gasteiger partial charge in [0, 0.05) is 19.3 Å². The first-order valence-electron chi connectivity index (χ1n) is 9.08. The summed E-state index contributed by atoms with van der Waals surface area (Å²) in [5.41, 5.74) is 2.68. The molecule has 0 radical (unpaired) electrons. The SMILES string of the molecule is [C-]#[N+][C@@]1(C)CC[C@H]2[C@H]3[C@@H](C(=C)CC[C@@H]31)[C@@H](CC(=C)C)C[C@@H]2C. The molecule has 3 fully saturated rings. The highest BCUT2D eigenvalue weighted by atomic mass is 14.8. The van der Waals surface area contributed by atoms with Gasteiger partial charge in [0.05, 0.1) is 0 Å². The van der Waals surface area contributed by atoms with E-state index in [0.29, 0.717) is 17.8 Å². The minimum Gasteiger partial charge on any atom is -0.310 e. The quantitative estimate of drug-likeness (QED) is 0.442. The van der Waals surface area contributed by atoms with E-state index in [1.807, 2.05) is 0 Å². The Morgan fingerprint density at radius 3 is 2.77 bits per heavy atom. The Morgan fingerprint density at radius 2 is 2.14 bits per heavy atom. The van der Waals surface area contributed by atoms with Crippen LogP contribution in [0.3, 0.4) is 0 Å². The molecule has 0 unspecified atom stereocenters. The second-order valence-electron chi connectivity index (χ2n) is 8.71. The smallest absolute Gasteiger partial charge is 0.233 e. The summed E-state index contributed by atoms with van der Waals surface area (Å²) >= 11 is 0. The van der Waals surface area contributed by atoms with Crippen molar-refractivity contribution in [2.24, 2.45) is 35.5 Å². The molecule has 0 spiro atoms. The maximum atomic E-state index is 7.78. The van der Waals surface area contributed by atoms with Crippen molar-refractivity contribution in [2.75, 3.05) is 0 Å². The molecular formula is C21H31N. The molecule has 7 atom stereocenters. The van der Waals surface area contributed by atoms with Gasteiger partial charge in [-0.05, 0) is 68.6 Å². The Bertz CT molecular complexity index is 525. The second-order valence-corrected chi connectivity index (χ2v) is 8.71. The van der Waals surface area contributed by atoms with E-state index in [1.165, 1.54) is 30.4 Å². The molecule has 120 valence electrons. The first-order valence-corrected chi connectivity index (χ1v) is 9.08. The minimum atomic E-state index is -0.120. The monoisotopic (exact) mass is 297 g/mol. The van der Waals surface area contributed by atoms with Gasteiger partial charge in [-0.25, -0.2) is 6.57 Å². The van der Waals surface area contributed by atoms with Crippen LogP contribution in [-0.4, -0.2) is 5.54 Å². The van der Waals surface area contributed by atoms with Gasteiger partial charge in [-0.15, -0.1) is 6.58 Å². The van der Waals surface area contributed by atoms with Crippen molar-refractivity contribution in [3.05, 3.63) is 35.7 Å². The molecule has 0 amide bonds. The van der Waals surface area contributed by atoms with Crippen LogP contribution in [0.25, 0.3) is 4.85 Å². The van der Waals surface area contributed by atoms with Gasteiger partial charge in [0.1, 0.15) is 0 Å². The zero-order chi connectivity index (χ0) is 16.1. The predicted molar refractivity (Wildman–Crippen MR) is 93.3 cm³/mol. The van der Waals surface area contributed by atoms with E-state index in [-0.39, 0.29) is 5.54 Å². The van der Waals surface area contributed by atoms with Crippen molar-refractivity contribution in [3.8, 4) is 0 Å². The molecule has 0 aliphatic heterocycles. The fraction of sp³-hybridized carbons (Fsp3) is 0.762. The Morgan fingerprint density at radius 1 is 1.41 bits per heavy atom. The summed E-state index contributed by atoms with van der Waals surface area (Å²) in [5, 5.41) is 0. The fourth-order valence-corrected chi connectivity index (χ4v) is 6.26. The lowest BCUT2D eigenvalue weighted by atomic mass is 9.46. The summed E-state index contributed by atoms with van der Waals surface area (Å²) in [6.45, 7) is 23.3. The highest BCUT2D eigenvalue weighted by Crippen LogP contribution is 2.61. The molecule has 3 aliphatic carbocycles. The van der Waals surface area contributed by atoms with Crippen molar-refractivity contribution < 1.29 is 0 Å². The zero-order valence-electron chi connectivity index (χ0n) is 14.6. The van der Waals surface area contributed by atoms with E-state index in [2.05, 4.69) is 38.8 Å². The van der Waals surface area contributed by atoms with Crippen LogP contribution in [0.2, 0.25) is 0 Å². The fourth-order valence-electron chi connectivity index (χ4n) is 6.26. The number of rotatable bonds is 2. The molecule has 3 saturated carbocycles. The average Bonchev–Trinajstić information content (AvgIpc) is 2.45. The van der Waals surface area contributed by atoms with Crippen LogP contribution in [0.1, 0.15) is 59.3 Å². The van der Waals surface area contributed by atoms with Crippen LogP contribution in [0.4, 0.5) is 0 Å². The molecule has 0 heterocycles. The summed E-state index contributed by atoms with van der Waals surface area (Å²) in [6, 6.07) is 0. The number of hydrogen-bond donors (Lipinski definition) is 0. The van der Waals surface area contributed by atoms with Crippen LogP contribution in [-0.2, 0) is 0 Å². The highest BCUT2D eigenvalue weighted by molar-refractivity contribution is 5.21. The second kappa shape index (κ2) is 5.55. The number of nitrogens with zero attached hydrogens (tertiary/aromatic N) is 1. The third-order valence-electron chi connectivity index (χ3n) is 7.18. The predicted octanol–water partition coefficient (Wildman–Crippen LogP) is 5.90. The van der Waals surface area contributed by atoms with E-state index in [9.17, 15) is 0 Å². The van der Waals surface area contributed by atoms with Crippen molar-refractivity contribution in [2.45, 2.75) is 64.8 Å². The summed E-state index contributed by atoms with van der Waals surface area (Å²) in [6.07, 6.45) is 7.19. The molecule has 1 heteroatoms. The largest absolute Gasteiger partial charge is 0.310 e. The van der Waals surface area contributed by atoms with E-state index in [4.69, 9.17) is 6.57 Å². The van der Waals surface area contributed by atoms with Crippen molar-refractivity contribution in [1.82, 2.24) is 0 Å². The summed E-state index contributed by atoms with van der Waals surface area (Å²) < 4.78 is 0. The molecule has 0 bridgehead atoms. The lowest BCUT2D eigenvalue weighted by Gasteiger charge is -2.57. The molecular weight excluding hydrogens is 266 g/mol. The molecule has 0 aromatic carbocycles. The van der Waals surface area contributed by atoms with E-state index in [1.54, 1.807) is 0 Å². The van der Waals surface area contributed by atoms with Crippen molar-refractivity contribution in [1.29, 1.82) is 0 Å². The highest BCUT2D eigenvalue weighted by Gasteiger charge is 2.59. The Kier molecular flexibility index (Phi) is 4.00. The van der Waals surface area contributed by atoms with Gasteiger partial charge in [0.2, 0.25) is 5.54 Å². The van der Waals surface area contributed by atoms with Crippen LogP contribution in [0.15, 0.2) is 24.3 Å². The molecule has 0 saturated heterocycles. The zero-order valence-corrected chi connectivity index (χ0v) is 14.6. The average molecular weight is 297 g/mol.